The number of nitrogens with zero attached hydrogens (tertiary/aromatic N) is 1. The van der Waals surface area contributed by atoms with Crippen molar-refractivity contribution >= 4 is 5.96 Å². The molecule has 0 radical (unpaired) electrons. The first-order chi connectivity index (χ1) is 11.6. The third-order valence-corrected chi connectivity index (χ3v) is 4.33. The lowest BCUT2D eigenvalue weighted by Crippen LogP contribution is -2.51. The minimum Gasteiger partial charge on any atom is -0.381 e. The molecule has 0 aliphatic carbocycles. The molecule has 1 heterocycles. The summed E-state index contributed by atoms with van der Waals surface area (Å²) in [5.41, 5.74) is 0.0839. The van der Waals surface area contributed by atoms with E-state index < -0.39 is 11.6 Å². The van der Waals surface area contributed by atoms with Gasteiger partial charge in [-0.15, -0.1) is 0 Å². The minimum absolute atomic E-state index is 0.259. The van der Waals surface area contributed by atoms with E-state index in [2.05, 4.69) is 15.6 Å². The van der Waals surface area contributed by atoms with Gasteiger partial charge in [-0.2, -0.15) is 0 Å². The zero-order valence-corrected chi connectivity index (χ0v) is 14.2. The molecule has 2 N–H and O–H groups in total. The fourth-order valence-corrected chi connectivity index (χ4v) is 2.71. The van der Waals surface area contributed by atoms with Gasteiger partial charge in [-0.05, 0) is 30.2 Å². The number of aliphatic imine (C=N–C) groups is 1. The average Bonchev–Trinajstić information content (AvgIpc) is 2.61. The Bertz CT molecular complexity index is 561. The van der Waals surface area contributed by atoms with Crippen LogP contribution in [-0.4, -0.2) is 52.0 Å². The van der Waals surface area contributed by atoms with Crippen molar-refractivity contribution < 1.29 is 18.3 Å². The number of rotatable bonds is 6. The van der Waals surface area contributed by atoms with Gasteiger partial charge in [-0.3, -0.25) is 4.99 Å². The van der Waals surface area contributed by atoms with Crippen LogP contribution < -0.4 is 10.6 Å². The van der Waals surface area contributed by atoms with Crippen LogP contribution in [0.2, 0.25) is 0 Å². The molecule has 134 valence electrons. The van der Waals surface area contributed by atoms with Crippen molar-refractivity contribution in [2.24, 2.45) is 4.99 Å². The molecule has 0 unspecified atom stereocenters. The molecule has 1 saturated heterocycles. The molecular formula is C17H25F2N3O2. The van der Waals surface area contributed by atoms with E-state index in [0.717, 1.165) is 25.0 Å². The highest BCUT2D eigenvalue weighted by Crippen LogP contribution is 2.23. The molecule has 5 nitrogen and oxygen atoms in total. The van der Waals surface area contributed by atoms with Crippen LogP contribution >= 0.6 is 0 Å². The second kappa shape index (κ2) is 8.94. The molecule has 0 atom stereocenters. The van der Waals surface area contributed by atoms with E-state index in [1.165, 1.54) is 6.07 Å². The van der Waals surface area contributed by atoms with Crippen LogP contribution in [0.25, 0.3) is 0 Å². The SMILES string of the molecule is CN=C(NCCc1cc(F)ccc1F)NCC1(OC)CCOCC1. The van der Waals surface area contributed by atoms with Crippen molar-refractivity contribution in [1.29, 1.82) is 0 Å². The molecule has 0 saturated carbocycles. The normalized spacial score (nSPS) is 17.6. The van der Waals surface area contributed by atoms with Crippen LogP contribution in [0.1, 0.15) is 18.4 Å². The van der Waals surface area contributed by atoms with Gasteiger partial charge in [0.1, 0.15) is 11.6 Å². The molecule has 1 aromatic carbocycles. The molecule has 1 aliphatic heterocycles. The number of hydrogen-bond acceptors (Lipinski definition) is 3. The van der Waals surface area contributed by atoms with E-state index in [4.69, 9.17) is 9.47 Å². The molecule has 7 heteroatoms. The summed E-state index contributed by atoms with van der Waals surface area (Å²) >= 11 is 0. The quantitative estimate of drug-likeness (QED) is 0.613. The topological polar surface area (TPSA) is 54.9 Å². The third kappa shape index (κ3) is 5.14. The van der Waals surface area contributed by atoms with Gasteiger partial charge < -0.3 is 20.1 Å². The minimum atomic E-state index is -0.435. The van der Waals surface area contributed by atoms with Gasteiger partial charge in [0.25, 0.3) is 0 Å². The standard InChI is InChI=1S/C17H25F2N3O2/c1-20-16(22-12-17(23-2)6-9-24-10-7-17)21-8-5-13-11-14(18)3-4-15(13)19/h3-4,11H,5-10,12H2,1-2H3,(H2,20,21,22). The van der Waals surface area contributed by atoms with Crippen molar-refractivity contribution in [1.82, 2.24) is 10.6 Å². The average molecular weight is 341 g/mol. The Morgan fingerprint density at radius 3 is 2.71 bits per heavy atom. The van der Waals surface area contributed by atoms with Crippen LogP contribution in [0, 0.1) is 11.6 Å². The van der Waals surface area contributed by atoms with Crippen molar-refractivity contribution in [3.05, 3.63) is 35.4 Å². The Balaban J connectivity index is 1.81. The molecule has 24 heavy (non-hydrogen) atoms. The van der Waals surface area contributed by atoms with E-state index in [9.17, 15) is 8.78 Å². The number of ether oxygens (including phenoxy) is 2. The van der Waals surface area contributed by atoms with E-state index in [1.54, 1.807) is 14.2 Å². The van der Waals surface area contributed by atoms with Crippen LogP contribution in [0.4, 0.5) is 8.78 Å². The monoisotopic (exact) mass is 341 g/mol. The molecule has 0 spiro atoms. The van der Waals surface area contributed by atoms with Crippen molar-refractivity contribution in [2.75, 3.05) is 40.5 Å². The molecule has 1 aliphatic rings. The van der Waals surface area contributed by atoms with E-state index >= 15 is 0 Å². The summed E-state index contributed by atoms with van der Waals surface area (Å²) in [7, 11) is 3.37. The zero-order chi connectivity index (χ0) is 17.4. The van der Waals surface area contributed by atoms with Gasteiger partial charge in [0, 0.05) is 53.3 Å². The highest BCUT2D eigenvalue weighted by Gasteiger charge is 2.32. The molecule has 1 aromatic rings. The predicted molar refractivity (Wildman–Crippen MR) is 89.2 cm³/mol. The number of methoxy groups -OCH3 is 1. The highest BCUT2D eigenvalue weighted by molar-refractivity contribution is 5.79. The highest BCUT2D eigenvalue weighted by atomic mass is 19.1. The first-order valence-corrected chi connectivity index (χ1v) is 8.10. The molecule has 0 bridgehead atoms. The number of hydrogen-bond donors (Lipinski definition) is 2. The second-order valence-electron chi connectivity index (χ2n) is 5.84. The van der Waals surface area contributed by atoms with Crippen molar-refractivity contribution in [3.8, 4) is 0 Å². The van der Waals surface area contributed by atoms with E-state index in [1.807, 2.05) is 0 Å². The summed E-state index contributed by atoms with van der Waals surface area (Å²) < 4.78 is 37.8. The number of nitrogens with one attached hydrogen (secondary N) is 2. The summed E-state index contributed by atoms with van der Waals surface area (Å²) in [6, 6.07) is 3.48. The van der Waals surface area contributed by atoms with Gasteiger partial charge in [-0.25, -0.2) is 8.78 Å². The van der Waals surface area contributed by atoms with Crippen LogP contribution in [0.5, 0.6) is 0 Å². The molecule has 0 amide bonds. The number of benzene rings is 1. The van der Waals surface area contributed by atoms with Crippen molar-refractivity contribution in [2.45, 2.75) is 24.9 Å². The summed E-state index contributed by atoms with van der Waals surface area (Å²) in [5, 5.41) is 6.34. The van der Waals surface area contributed by atoms with Crippen LogP contribution in [0.15, 0.2) is 23.2 Å². The summed E-state index contributed by atoms with van der Waals surface area (Å²) in [6.45, 7) is 2.42. The maximum Gasteiger partial charge on any atom is 0.191 e. The van der Waals surface area contributed by atoms with Crippen molar-refractivity contribution in [3.63, 3.8) is 0 Å². The maximum absolute atomic E-state index is 13.6. The lowest BCUT2D eigenvalue weighted by atomic mass is 9.94. The van der Waals surface area contributed by atoms with E-state index in [-0.39, 0.29) is 5.60 Å². The Morgan fingerprint density at radius 2 is 2.04 bits per heavy atom. The molecule has 1 fully saturated rings. The lowest BCUT2D eigenvalue weighted by molar-refractivity contribution is -0.0855. The first-order valence-electron chi connectivity index (χ1n) is 8.10. The number of guanidine groups is 1. The van der Waals surface area contributed by atoms with Gasteiger partial charge in [0.15, 0.2) is 5.96 Å². The van der Waals surface area contributed by atoms with Crippen LogP contribution in [0.3, 0.4) is 0 Å². The van der Waals surface area contributed by atoms with Gasteiger partial charge in [0.05, 0.1) is 5.60 Å². The van der Waals surface area contributed by atoms with Gasteiger partial charge >= 0.3 is 0 Å². The number of halogens is 2. The van der Waals surface area contributed by atoms with Gasteiger partial charge in [0.2, 0.25) is 0 Å². The summed E-state index contributed by atoms with van der Waals surface area (Å²) in [4.78, 5) is 4.15. The second-order valence-corrected chi connectivity index (χ2v) is 5.84. The first kappa shape index (κ1) is 18.6. The molecule has 0 aromatic heterocycles. The smallest absolute Gasteiger partial charge is 0.191 e. The summed E-state index contributed by atoms with van der Waals surface area (Å²) in [6.07, 6.45) is 2.01. The third-order valence-electron chi connectivity index (χ3n) is 4.33. The van der Waals surface area contributed by atoms with Gasteiger partial charge in [-0.1, -0.05) is 0 Å². The molecule has 2 rings (SSSR count). The summed E-state index contributed by atoms with van der Waals surface area (Å²) in [5.74, 6) is -0.230. The van der Waals surface area contributed by atoms with E-state index in [0.29, 0.717) is 44.2 Å². The zero-order valence-electron chi connectivity index (χ0n) is 14.2. The Kier molecular flexibility index (Phi) is 6.93. The Labute approximate surface area is 141 Å². The Hall–Kier alpha value is -1.73. The Morgan fingerprint density at radius 1 is 1.29 bits per heavy atom. The fourth-order valence-electron chi connectivity index (χ4n) is 2.71. The molecular weight excluding hydrogens is 316 g/mol. The maximum atomic E-state index is 13.6. The predicted octanol–water partition coefficient (Wildman–Crippen LogP) is 1.87. The fraction of sp³-hybridized carbons (Fsp3) is 0.588. The lowest BCUT2D eigenvalue weighted by Gasteiger charge is -2.36. The largest absolute Gasteiger partial charge is 0.381 e. The van der Waals surface area contributed by atoms with Crippen LogP contribution in [-0.2, 0) is 15.9 Å².